The number of nitrogens with zero attached hydrogens (tertiary/aromatic N) is 1. The van der Waals surface area contributed by atoms with Crippen LogP contribution < -0.4 is 5.32 Å². The van der Waals surface area contributed by atoms with Gasteiger partial charge in [0.1, 0.15) is 0 Å². The number of aromatic nitrogens is 1. The molecule has 0 fully saturated rings. The molecule has 2 heterocycles. The van der Waals surface area contributed by atoms with Gasteiger partial charge in [0.15, 0.2) is 0 Å². The molecular weight excluding hydrogens is 304 g/mol. The van der Waals surface area contributed by atoms with Gasteiger partial charge in [0, 0.05) is 40.6 Å². The number of pyridine rings is 1. The van der Waals surface area contributed by atoms with Gasteiger partial charge in [0.25, 0.3) is 0 Å². The van der Waals surface area contributed by atoms with Crippen molar-refractivity contribution in [2.75, 3.05) is 11.9 Å². The molecule has 3 nitrogen and oxygen atoms in total. The molecule has 0 saturated carbocycles. The van der Waals surface area contributed by atoms with Crippen LogP contribution in [0.1, 0.15) is 22.9 Å². The molecular formula is C15H15BrN2O. The first kappa shape index (κ1) is 12.6. The van der Waals surface area contributed by atoms with E-state index in [0.717, 1.165) is 34.4 Å². The maximum absolute atomic E-state index is 10.4. The standard InChI is InChI=1S/C15H15BrN2O/c16-11-4-5-12(18-9-11)8-14(19)13-3-1-2-10-6-7-17-15(10)13/h1-5,9,14,17,19H,6-8H2. The van der Waals surface area contributed by atoms with Crippen molar-refractivity contribution in [1.29, 1.82) is 0 Å². The minimum atomic E-state index is -0.519. The second-order valence-corrected chi connectivity index (χ2v) is 5.66. The summed E-state index contributed by atoms with van der Waals surface area (Å²) in [6.45, 7) is 0.954. The third kappa shape index (κ3) is 2.65. The summed E-state index contributed by atoms with van der Waals surface area (Å²) >= 11 is 3.36. The molecule has 1 aliphatic rings. The molecule has 2 N–H and O–H groups in total. The second-order valence-electron chi connectivity index (χ2n) is 4.75. The molecule has 2 aromatic rings. The van der Waals surface area contributed by atoms with Crippen molar-refractivity contribution in [2.45, 2.75) is 18.9 Å². The Labute approximate surface area is 120 Å². The van der Waals surface area contributed by atoms with Crippen molar-refractivity contribution in [3.8, 4) is 0 Å². The van der Waals surface area contributed by atoms with E-state index in [1.54, 1.807) is 6.20 Å². The summed E-state index contributed by atoms with van der Waals surface area (Å²) in [6, 6.07) is 10.00. The monoisotopic (exact) mass is 318 g/mol. The average Bonchev–Trinajstić information content (AvgIpc) is 2.89. The fraction of sp³-hybridized carbons (Fsp3) is 0.267. The van der Waals surface area contributed by atoms with Gasteiger partial charge < -0.3 is 10.4 Å². The predicted octanol–water partition coefficient (Wildman–Crippen LogP) is 3.09. The Morgan fingerprint density at radius 1 is 1.32 bits per heavy atom. The average molecular weight is 319 g/mol. The lowest BCUT2D eigenvalue weighted by atomic mass is 10.00. The van der Waals surface area contributed by atoms with Crippen molar-refractivity contribution >= 4 is 21.6 Å². The van der Waals surface area contributed by atoms with Gasteiger partial charge in [-0.2, -0.15) is 0 Å². The molecule has 98 valence electrons. The smallest absolute Gasteiger partial charge is 0.0865 e. The Kier molecular flexibility index (Phi) is 3.53. The number of rotatable bonds is 3. The van der Waals surface area contributed by atoms with Gasteiger partial charge >= 0.3 is 0 Å². The Morgan fingerprint density at radius 3 is 3.00 bits per heavy atom. The number of anilines is 1. The maximum atomic E-state index is 10.4. The van der Waals surface area contributed by atoms with Gasteiger partial charge in [-0.15, -0.1) is 0 Å². The summed E-state index contributed by atoms with van der Waals surface area (Å²) in [6.07, 6.45) is 2.81. The van der Waals surface area contributed by atoms with E-state index in [9.17, 15) is 5.11 Å². The highest BCUT2D eigenvalue weighted by atomic mass is 79.9. The lowest BCUT2D eigenvalue weighted by Gasteiger charge is -2.15. The van der Waals surface area contributed by atoms with E-state index in [0.29, 0.717) is 6.42 Å². The molecule has 3 rings (SSSR count). The van der Waals surface area contributed by atoms with E-state index >= 15 is 0 Å². The van der Waals surface area contributed by atoms with Crippen LogP contribution in [0.2, 0.25) is 0 Å². The normalized spacial score (nSPS) is 14.8. The summed E-state index contributed by atoms with van der Waals surface area (Å²) in [7, 11) is 0. The zero-order valence-corrected chi connectivity index (χ0v) is 12.0. The Bertz CT molecular complexity index is 583. The molecule has 4 heteroatoms. The number of nitrogens with one attached hydrogen (secondary N) is 1. The van der Waals surface area contributed by atoms with E-state index in [1.165, 1.54) is 5.56 Å². The quantitative estimate of drug-likeness (QED) is 0.914. The Balaban J connectivity index is 1.83. The van der Waals surface area contributed by atoms with Gasteiger partial charge in [0.05, 0.1) is 6.10 Å². The molecule has 0 saturated heterocycles. The lowest BCUT2D eigenvalue weighted by Crippen LogP contribution is -2.06. The van der Waals surface area contributed by atoms with Crippen LogP contribution in [0.5, 0.6) is 0 Å². The van der Waals surface area contributed by atoms with Crippen molar-refractivity contribution in [2.24, 2.45) is 0 Å². The van der Waals surface area contributed by atoms with Crippen molar-refractivity contribution < 1.29 is 5.11 Å². The van der Waals surface area contributed by atoms with Gasteiger partial charge in [0.2, 0.25) is 0 Å². The minimum Gasteiger partial charge on any atom is -0.388 e. The van der Waals surface area contributed by atoms with Gasteiger partial charge in [-0.25, -0.2) is 0 Å². The number of hydrogen-bond donors (Lipinski definition) is 2. The molecule has 1 aliphatic heterocycles. The third-order valence-corrected chi connectivity index (χ3v) is 3.90. The van der Waals surface area contributed by atoms with E-state index < -0.39 is 6.10 Å². The van der Waals surface area contributed by atoms with Gasteiger partial charge in [-0.05, 0) is 40.0 Å². The maximum Gasteiger partial charge on any atom is 0.0865 e. The molecule has 0 bridgehead atoms. The molecule has 0 radical (unpaired) electrons. The van der Waals surface area contributed by atoms with Crippen LogP contribution in [-0.2, 0) is 12.8 Å². The Morgan fingerprint density at radius 2 is 2.21 bits per heavy atom. The van der Waals surface area contributed by atoms with Crippen LogP contribution in [-0.4, -0.2) is 16.6 Å². The predicted molar refractivity (Wildman–Crippen MR) is 79.2 cm³/mol. The van der Waals surface area contributed by atoms with Crippen LogP contribution in [0.25, 0.3) is 0 Å². The van der Waals surface area contributed by atoms with E-state index in [-0.39, 0.29) is 0 Å². The SMILES string of the molecule is OC(Cc1ccc(Br)cn1)c1cccc2c1NCC2. The fourth-order valence-electron chi connectivity index (χ4n) is 2.48. The molecule has 1 aromatic heterocycles. The number of aliphatic hydroxyl groups is 1. The topological polar surface area (TPSA) is 45.2 Å². The van der Waals surface area contributed by atoms with Crippen LogP contribution in [0.3, 0.4) is 0 Å². The largest absolute Gasteiger partial charge is 0.388 e. The number of benzene rings is 1. The zero-order chi connectivity index (χ0) is 13.2. The number of fused-ring (bicyclic) bond motifs is 1. The first-order valence-corrected chi connectivity index (χ1v) is 7.17. The highest BCUT2D eigenvalue weighted by molar-refractivity contribution is 9.10. The van der Waals surface area contributed by atoms with Gasteiger partial charge in [-0.1, -0.05) is 18.2 Å². The molecule has 19 heavy (non-hydrogen) atoms. The lowest BCUT2D eigenvalue weighted by molar-refractivity contribution is 0.178. The minimum absolute atomic E-state index is 0.519. The number of aliphatic hydroxyl groups excluding tert-OH is 1. The molecule has 1 aromatic carbocycles. The first-order valence-electron chi connectivity index (χ1n) is 6.38. The zero-order valence-electron chi connectivity index (χ0n) is 10.4. The van der Waals surface area contributed by atoms with Crippen LogP contribution >= 0.6 is 15.9 Å². The first-order chi connectivity index (χ1) is 9.24. The summed E-state index contributed by atoms with van der Waals surface area (Å²) in [5.74, 6) is 0. The summed E-state index contributed by atoms with van der Waals surface area (Å²) < 4.78 is 0.952. The van der Waals surface area contributed by atoms with E-state index in [4.69, 9.17) is 0 Å². The number of para-hydroxylation sites is 1. The molecule has 0 amide bonds. The van der Waals surface area contributed by atoms with E-state index in [2.05, 4.69) is 32.3 Å². The number of hydrogen-bond acceptors (Lipinski definition) is 3. The Hall–Kier alpha value is -1.39. The highest BCUT2D eigenvalue weighted by Gasteiger charge is 2.19. The fourth-order valence-corrected chi connectivity index (χ4v) is 2.71. The molecule has 1 unspecified atom stereocenters. The molecule has 0 spiro atoms. The third-order valence-electron chi connectivity index (χ3n) is 3.43. The van der Waals surface area contributed by atoms with Crippen LogP contribution in [0.4, 0.5) is 5.69 Å². The van der Waals surface area contributed by atoms with Crippen molar-refractivity contribution in [1.82, 2.24) is 4.98 Å². The summed E-state index contributed by atoms with van der Waals surface area (Å²) in [5, 5.41) is 13.8. The van der Waals surface area contributed by atoms with Crippen LogP contribution in [0.15, 0.2) is 41.0 Å². The highest BCUT2D eigenvalue weighted by Crippen LogP contribution is 2.32. The summed E-state index contributed by atoms with van der Waals surface area (Å²) in [5.41, 5.74) is 4.26. The summed E-state index contributed by atoms with van der Waals surface area (Å²) in [4.78, 5) is 4.31. The molecule has 1 atom stereocenters. The van der Waals surface area contributed by atoms with Crippen LogP contribution in [0, 0.1) is 0 Å². The van der Waals surface area contributed by atoms with Crippen molar-refractivity contribution in [3.05, 3.63) is 57.8 Å². The van der Waals surface area contributed by atoms with Crippen molar-refractivity contribution in [3.63, 3.8) is 0 Å². The van der Waals surface area contributed by atoms with Gasteiger partial charge in [-0.3, -0.25) is 4.98 Å². The number of halogens is 1. The van der Waals surface area contributed by atoms with E-state index in [1.807, 2.05) is 24.3 Å². The molecule has 0 aliphatic carbocycles. The second kappa shape index (κ2) is 5.31.